The molecule has 0 amide bonds. The van der Waals surface area contributed by atoms with Gasteiger partial charge in [-0.05, 0) is 36.8 Å². The van der Waals surface area contributed by atoms with E-state index >= 15 is 0 Å². The lowest BCUT2D eigenvalue weighted by atomic mass is 10.1. The maximum atomic E-state index is 12.8. The van der Waals surface area contributed by atoms with Crippen LogP contribution in [0.25, 0.3) is 22.1 Å². The van der Waals surface area contributed by atoms with Crippen molar-refractivity contribution < 1.29 is 13.9 Å². The molecule has 0 radical (unpaired) electrons. The van der Waals surface area contributed by atoms with E-state index in [4.69, 9.17) is 13.9 Å². The van der Waals surface area contributed by atoms with Gasteiger partial charge in [-0.25, -0.2) is 4.98 Å². The molecule has 0 saturated heterocycles. The minimum absolute atomic E-state index is 0.0805. The second-order valence-electron chi connectivity index (χ2n) is 6.01. The van der Waals surface area contributed by atoms with E-state index in [-0.39, 0.29) is 5.43 Å². The zero-order chi connectivity index (χ0) is 18.8. The Balaban J connectivity index is 1.62. The van der Waals surface area contributed by atoms with Crippen LogP contribution >= 0.6 is 11.3 Å². The van der Waals surface area contributed by atoms with Crippen molar-refractivity contribution in [3.63, 3.8) is 0 Å². The lowest BCUT2D eigenvalue weighted by Gasteiger charge is -2.07. The first-order chi connectivity index (χ1) is 13.1. The smallest absolute Gasteiger partial charge is 0.200 e. The number of aryl methyl sites for hydroxylation is 1. The summed E-state index contributed by atoms with van der Waals surface area (Å²) in [6.45, 7) is 2.34. The number of ether oxygens (including phenoxy) is 2. The minimum atomic E-state index is -0.0805. The van der Waals surface area contributed by atoms with Gasteiger partial charge in [0.2, 0.25) is 0 Å². The summed E-state index contributed by atoms with van der Waals surface area (Å²) in [6, 6.07) is 12.5. The maximum Gasteiger partial charge on any atom is 0.200 e. The van der Waals surface area contributed by atoms with Gasteiger partial charge in [-0.15, -0.1) is 11.3 Å². The van der Waals surface area contributed by atoms with Gasteiger partial charge >= 0.3 is 0 Å². The second-order valence-corrected chi connectivity index (χ2v) is 7.07. The number of aromatic nitrogens is 1. The Labute approximate surface area is 159 Å². The first-order valence-electron chi connectivity index (χ1n) is 8.38. The van der Waals surface area contributed by atoms with E-state index in [0.29, 0.717) is 28.9 Å². The molecule has 0 spiro atoms. The van der Waals surface area contributed by atoms with Gasteiger partial charge in [0.1, 0.15) is 30.0 Å². The summed E-state index contributed by atoms with van der Waals surface area (Å²) in [5.74, 6) is 1.37. The number of hydrogen-bond acceptors (Lipinski definition) is 6. The summed E-state index contributed by atoms with van der Waals surface area (Å²) in [5.41, 5.74) is 2.59. The van der Waals surface area contributed by atoms with Crippen molar-refractivity contribution in [1.82, 2.24) is 4.98 Å². The van der Waals surface area contributed by atoms with Crippen LogP contribution in [0.15, 0.2) is 63.3 Å². The number of benzene rings is 2. The van der Waals surface area contributed by atoms with E-state index in [1.54, 1.807) is 36.6 Å². The molecule has 0 bridgehead atoms. The zero-order valence-corrected chi connectivity index (χ0v) is 15.7. The fraction of sp³-hybridized carbons (Fsp3) is 0.143. The number of nitrogens with zero attached hydrogens (tertiary/aromatic N) is 1. The normalized spacial score (nSPS) is 10.9. The number of rotatable bonds is 5. The average Bonchev–Trinajstić information content (AvgIpc) is 3.12. The maximum absolute atomic E-state index is 12.8. The van der Waals surface area contributed by atoms with E-state index in [9.17, 15) is 4.79 Å². The molecular formula is C21H17NO4S. The molecule has 0 aliphatic carbocycles. The molecule has 2 heterocycles. The summed E-state index contributed by atoms with van der Waals surface area (Å²) < 4.78 is 16.6. The fourth-order valence-corrected chi connectivity index (χ4v) is 3.40. The lowest BCUT2D eigenvalue weighted by Crippen LogP contribution is -2.05. The molecule has 0 atom stereocenters. The number of methoxy groups -OCH3 is 1. The Morgan fingerprint density at radius 1 is 1.11 bits per heavy atom. The Morgan fingerprint density at radius 3 is 2.59 bits per heavy atom. The molecular weight excluding hydrogens is 362 g/mol. The third-order valence-corrected chi connectivity index (χ3v) is 5.02. The van der Waals surface area contributed by atoms with E-state index in [1.165, 1.54) is 6.26 Å². The van der Waals surface area contributed by atoms with Crippen LogP contribution in [0.2, 0.25) is 0 Å². The van der Waals surface area contributed by atoms with Crippen LogP contribution in [0.5, 0.6) is 11.5 Å². The number of thiazole rings is 1. The van der Waals surface area contributed by atoms with Crippen LogP contribution in [-0.2, 0) is 6.61 Å². The highest BCUT2D eigenvalue weighted by Crippen LogP contribution is 2.25. The first-order valence-corrected chi connectivity index (χ1v) is 9.26. The van der Waals surface area contributed by atoms with Crippen LogP contribution in [0, 0.1) is 6.92 Å². The van der Waals surface area contributed by atoms with E-state index in [1.807, 2.05) is 36.6 Å². The summed E-state index contributed by atoms with van der Waals surface area (Å²) in [5, 5.41) is 3.49. The Bertz CT molecular complexity index is 1150. The molecule has 0 aliphatic heterocycles. The van der Waals surface area contributed by atoms with Crippen molar-refractivity contribution in [2.75, 3.05) is 7.11 Å². The van der Waals surface area contributed by atoms with E-state index in [2.05, 4.69) is 4.98 Å². The molecule has 136 valence electrons. The van der Waals surface area contributed by atoms with Crippen molar-refractivity contribution in [3.05, 3.63) is 75.0 Å². The average molecular weight is 379 g/mol. The second kappa shape index (κ2) is 7.25. The van der Waals surface area contributed by atoms with Crippen LogP contribution in [0.1, 0.15) is 10.7 Å². The van der Waals surface area contributed by atoms with Crippen molar-refractivity contribution >= 4 is 22.3 Å². The van der Waals surface area contributed by atoms with Crippen LogP contribution in [0.3, 0.4) is 0 Å². The fourth-order valence-electron chi connectivity index (χ4n) is 2.80. The molecule has 0 aliphatic rings. The number of fused-ring (bicyclic) bond motifs is 1. The van der Waals surface area contributed by atoms with Crippen LogP contribution in [0.4, 0.5) is 0 Å². The quantitative estimate of drug-likeness (QED) is 0.498. The molecule has 2 aromatic carbocycles. The predicted molar refractivity (Wildman–Crippen MR) is 106 cm³/mol. The summed E-state index contributed by atoms with van der Waals surface area (Å²) in [4.78, 5) is 17.2. The van der Waals surface area contributed by atoms with Gasteiger partial charge < -0.3 is 13.9 Å². The van der Waals surface area contributed by atoms with Gasteiger partial charge in [0.05, 0.1) is 28.8 Å². The summed E-state index contributed by atoms with van der Waals surface area (Å²) in [7, 11) is 1.61. The SMILES string of the molecule is COc1ccc(-c2coc3cc(OCc4csc(C)n4)ccc3c2=O)cc1. The van der Waals surface area contributed by atoms with Gasteiger partial charge in [0.15, 0.2) is 5.43 Å². The van der Waals surface area contributed by atoms with Crippen LogP contribution < -0.4 is 14.9 Å². The summed E-state index contributed by atoms with van der Waals surface area (Å²) >= 11 is 1.59. The standard InChI is InChI=1S/C21H17NO4S/c1-13-22-15(12-27-13)10-25-17-7-8-18-20(9-17)26-11-19(21(18)23)14-3-5-16(24-2)6-4-14/h3-9,11-12H,10H2,1-2H3. The topological polar surface area (TPSA) is 61.6 Å². The van der Waals surface area contributed by atoms with E-state index < -0.39 is 0 Å². The van der Waals surface area contributed by atoms with Gasteiger partial charge in [-0.1, -0.05) is 12.1 Å². The van der Waals surface area contributed by atoms with E-state index in [0.717, 1.165) is 22.0 Å². The largest absolute Gasteiger partial charge is 0.497 e. The Hall–Kier alpha value is -3.12. The van der Waals surface area contributed by atoms with Crippen molar-refractivity contribution in [3.8, 4) is 22.6 Å². The molecule has 2 aromatic heterocycles. The van der Waals surface area contributed by atoms with Crippen molar-refractivity contribution in [2.24, 2.45) is 0 Å². The zero-order valence-electron chi connectivity index (χ0n) is 14.9. The van der Waals surface area contributed by atoms with Gasteiger partial charge in [-0.3, -0.25) is 4.79 Å². The lowest BCUT2D eigenvalue weighted by molar-refractivity contribution is 0.302. The molecule has 0 N–H and O–H groups in total. The Morgan fingerprint density at radius 2 is 1.89 bits per heavy atom. The van der Waals surface area contributed by atoms with Crippen molar-refractivity contribution in [2.45, 2.75) is 13.5 Å². The monoisotopic (exact) mass is 379 g/mol. The molecule has 0 fully saturated rings. The minimum Gasteiger partial charge on any atom is -0.497 e. The van der Waals surface area contributed by atoms with Gasteiger partial charge in [0, 0.05) is 11.4 Å². The molecule has 4 rings (SSSR count). The van der Waals surface area contributed by atoms with Crippen LogP contribution in [-0.4, -0.2) is 12.1 Å². The first kappa shape index (κ1) is 17.3. The third kappa shape index (κ3) is 3.57. The highest BCUT2D eigenvalue weighted by Gasteiger charge is 2.10. The molecule has 6 heteroatoms. The highest BCUT2D eigenvalue weighted by molar-refractivity contribution is 7.09. The predicted octanol–water partition coefficient (Wildman–Crippen LogP) is 4.81. The van der Waals surface area contributed by atoms with Gasteiger partial charge in [-0.2, -0.15) is 0 Å². The molecule has 0 saturated carbocycles. The molecule has 4 aromatic rings. The third-order valence-electron chi connectivity index (χ3n) is 4.20. The summed E-state index contributed by atoms with van der Waals surface area (Å²) in [6.07, 6.45) is 1.49. The van der Waals surface area contributed by atoms with Gasteiger partial charge in [0.25, 0.3) is 0 Å². The van der Waals surface area contributed by atoms with Crippen molar-refractivity contribution in [1.29, 1.82) is 0 Å². The molecule has 5 nitrogen and oxygen atoms in total. The number of hydrogen-bond donors (Lipinski definition) is 0. The highest BCUT2D eigenvalue weighted by atomic mass is 32.1. The molecule has 27 heavy (non-hydrogen) atoms. The molecule has 0 unspecified atom stereocenters. The Kier molecular flexibility index (Phi) is 4.64.